The fraction of sp³-hybridized carbons (Fsp3) is 0.0870. The van der Waals surface area contributed by atoms with Crippen LogP contribution in [0.3, 0.4) is 0 Å². The van der Waals surface area contributed by atoms with Gasteiger partial charge < -0.3 is 5.32 Å². The summed E-state index contributed by atoms with van der Waals surface area (Å²) in [4.78, 5) is 30.4. The molecular weight excluding hydrogens is 418 g/mol. The molecule has 0 aliphatic rings. The summed E-state index contributed by atoms with van der Waals surface area (Å²) in [6.07, 6.45) is 0. The fourth-order valence-corrected chi connectivity index (χ4v) is 4.10. The van der Waals surface area contributed by atoms with Crippen LogP contribution < -0.4 is 10.9 Å². The normalized spacial score (nSPS) is 10.9. The SMILES string of the molecule is Cc1ccccc1-n1c(SCC(=O)Nc2ccccc2Cl)nc2ccccc2c1=O. The van der Waals surface area contributed by atoms with Gasteiger partial charge in [-0.3, -0.25) is 14.2 Å². The Morgan fingerprint density at radius 1 is 1.03 bits per heavy atom. The van der Waals surface area contributed by atoms with E-state index in [-0.39, 0.29) is 17.2 Å². The van der Waals surface area contributed by atoms with Crippen molar-refractivity contribution in [2.24, 2.45) is 0 Å². The van der Waals surface area contributed by atoms with E-state index < -0.39 is 0 Å². The van der Waals surface area contributed by atoms with E-state index in [1.807, 2.05) is 43.3 Å². The minimum atomic E-state index is -0.230. The van der Waals surface area contributed by atoms with Crippen LogP contribution in [-0.2, 0) is 4.79 Å². The van der Waals surface area contributed by atoms with Gasteiger partial charge in [0, 0.05) is 0 Å². The molecule has 0 atom stereocenters. The summed E-state index contributed by atoms with van der Waals surface area (Å²) in [5, 5.41) is 4.26. The third-order valence-corrected chi connectivity index (χ3v) is 5.85. The van der Waals surface area contributed by atoms with Crippen molar-refractivity contribution < 1.29 is 4.79 Å². The van der Waals surface area contributed by atoms with Crippen molar-refractivity contribution in [3.63, 3.8) is 0 Å². The van der Waals surface area contributed by atoms with E-state index in [0.717, 1.165) is 11.3 Å². The number of halogens is 1. The molecule has 5 nitrogen and oxygen atoms in total. The molecule has 0 saturated carbocycles. The van der Waals surface area contributed by atoms with E-state index in [4.69, 9.17) is 11.6 Å². The van der Waals surface area contributed by atoms with Crippen molar-refractivity contribution in [2.45, 2.75) is 12.1 Å². The summed E-state index contributed by atoms with van der Waals surface area (Å²) in [5.41, 5.74) is 2.67. The molecule has 3 aromatic carbocycles. The molecule has 7 heteroatoms. The average Bonchev–Trinajstić information content (AvgIpc) is 2.75. The van der Waals surface area contributed by atoms with E-state index in [1.165, 1.54) is 11.8 Å². The Bertz CT molecular complexity index is 1300. The minimum absolute atomic E-state index is 0.0852. The summed E-state index contributed by atoms with van der Waals surface area (Å²) in [7, 11) is 0. The van der Waals surface area contributed by atoms with Gasteiger partial charge in [-0.1, -0.05) is 65.8 Å². The van der Waals surface area contributed by atoms with Crippen molar-refractivity contribution >= 4 is 45.9 Å². The van der Waals surface area contributed by atoms with Crippen LogP contribution in [0.5, 0.6) is 0 Å². The molecule has 4 rings (SSSR count). The summed E-state index contributed by atoms with van der Waals surface area (Å²) < 4.78 is 1.57. The molecule has 0 unspecified atom stereocenters. The first-order valence-corrected chi connectivity index (χ1v) is 10.7. The Morgan fingerprint density at radius 3 is 2.53 bits per heavy atom. The molecule has 0 aliphatic carbocycles. The quantitative estimate of drug-likeness (QED) is 0.351. The standard InChI is InChI=1S/C23H18ClN3O2S/c1-15-8-2-7-13-20(15)27-22(29)16-9-3-5-11-18(16)26-23(27)30-14-21(28)25-19-12-6-4-10-17(19)24/h2-13H,14H2,1H3,(H,25,28). The molecule has 150 valence electrons. The van der Waals surface area contributed by atoms with Crippen LogP contribution in [0.15, 0.2) is 82.7 Å². The summed E-state index contributed by atoms with van der Waals surface area (Å²) in [5.74, 6) is -0.145. The summed E-state index contributed by atoms with van der Waals surface area (Å²) >= 11 is 7.32. The maximum Gasteiger partial charge on any atom is 0.266 e. The maximum absolute atomic E-state index is 13.3. The number of benzene rings is 3. The van der Waals surface area contributed by atoms with Gasteiger partial charge in [-0.05, 0) is 42.8 Å². The maximum atomic E-state index is 13.3. The smallest absolute Gasteiger partial charge is 0.266 e. The second kappa shape index (κ2) is 8.73. The van der Waals surface area contributed by atoms with Crippen molar-refractivity contribution in [1.29, 1.82) is 0 Å². The molecule has 30 heavy (non-hydrogen) atoms. The lowest BCUT2D eigenvalue weighted by molar-refractivity contribution is -0.113. The number of fused-ring (bicyclic) bond motifs is 1. The Labute approximate surface area is 182 Å². The molecule has 4 aromatic rings. The number of nitrogens with one attached hydrogen (secondary N) is 1. The third kappa shape index (κ3) is 4.10. The number of hydrogen-bond donors (Lipinski definition) is 1. The van der Waals surface area contributed by atoms with Crippen molar-refractivity contribution in [2.75, 3.05) is 11.1 Å². The third-order valence-electron chi connectivity index (χ3n) is 4.58. The molecule has 1 amide bonds. The zero-order valence-electron chi connectivity index (χ0n) is 16.1. The molecule has 0 saturated heterocycles. The fourth-order valence-electron chi connectivity index (χ4n) is 3.11. The summed E-state index contributed by atoms with van der Waals surface area (Å²) in [6.45, 7) is 1.94. The number of carbonyl (C=O) groups excluding carboxylic acids is 1. The Hall–Kier alpha value is -3.09. The van der Waals surface area contributed by atoms with Crippen LogP contribution in [0.25, 0.3) is 16.6 Å². The van der Waals surface area contributed by atoms with Gasteiger partial charge in [0.2, 0.25) is 5.91 Å². The number of rotatable bonds is 5. The zero-order valence-corrected chi connectivity index (χ0v) is 17.7. The largest absolute Gasteiger partial charge is 0.324 e. The number of anilines is 1. The van der Waals surface area contributed by atoms with Gasteiger partial charge in [-0.15, -0.1) is 0 Å². The molecule has 0 radical (unpaired) electrons. The predicted molar refractivity (Wildman–Crippen MR) is 123 cm³/mol. The first-order chi connectivity index (χ1) is 14.5. The minimum Gasteiger partial charge on any atom is -0.324 e. The number of aromatic nitrogens is 2. The molecule has 0 aliphatic heterocycles. The topological polar surface area (TPSA) is 64.0 Å². The van der Waals surface area contributed by atoms with Crippen molar-refractivity contribution in [3.8, 4) is 5.69 Å². The molecule has 0 bridgehead atoms. The van der Waals surface area contributed by atoms with E-state index in [0.29, 0.717) is 26.8 Å². The summed E-state index contributed by atoms with van der Waals surface area (Å²) in [6, 6.07) is 21.9. The number of aryl methyl sites for hydroxylation is 1. The van der Waals surface area contributed by atoms with Gasteiger partial charge in [0.1, 0.15) is 0 Å². The van der Waals surface area contributed by atoms with Gasteiger partial charge in [-0.25, -0.2) is 4.98 Å². The lowest BCUT2D eigenvalue weighted by atomic mass is 10.2. The van der Waals surface area contributed by atoms with Crippen molar-refractivity contribution in [1.82, 2.24) is 9.55 Å². The Morgan fingerprint density at radius 2 is 1.73 bits per heavy atom. The molecule has 1 heterocycles. The molecular formula is C23H18ClN3O2S. The van der Waals surface area contributed by atoms with Crippen LogP contribution in [0.2, 0.25) is 5.02 Å². The number of para-hydroxylation sites is 3. The lowest BCUT2D eigenvalue weighted by Gasteiger charge is -2.15. The second-order valence-corrected chi connectivity index (χ2v) is 8.00. The van der Waals surface area contributed by atoms with Gasteiger partial charge in [0.25, 0.3) is 5.56 Å². The van der Waals surface area contributed by atoms with Crippen LogP contribution in [0.1, 0.15) is 5.56 Å². The number of carbonyl (C=O) groups is 1. The lowest BCUT2D eigenvalue weighted by Crippen LogP contribution is -2.23. The van der Waals surface area contributed by atoms with Crippen LogP contribution in [0, 0.1) is 6.92 Å². The highest BCUT2D eigenvalue weighted by molar-refractivity contribution is 7.99. The van der Waals surface area contributed by atoms with E-state index in [1.54, 1.807) is 41.0 Å². The highest BCUT2D eigenvalue weighted by Gasteiger charge is 2.16. The molecule has 0 fully saturated rings. The Balaban J connectivity index is 1.70. The second-order valence-electron chi connectivity index (χ2n) is 6.66. The van der Waals surface area contributed by atoms with Crippen molar-refractivity contribution in [3.05, 3.63) is 93.7 Å². The molecule has 0 spiro atoms. The van der Waals surface area contributed by atoms with E-state index in [9.17, 15) is 9.59 Å². The molecule has 1 N–H and O–H groups in total. The first kappa shape index (κ1) is 20.2. The Kier molecular flexibility index (Phi) is 5.88. The monoisotopic (exact) mass is 435 g/mol. The van der Waals surface area contributed by atoms with Crippen LogP contribution in [0.4, 0.5) is 5.69 Å². The van der Waals surface area contributed by atoms with Crippen LogP contribution in [-0.4, -0.2) is 21.2 Å². The van der Waals surface area contributed by atoms with E-state index >= 15 is 0 Å². The predicted octanol–water partition coefficient (Wildman–Crippen LogP) is 5.08. The highest BCUT2D eigenvalue weighted by atomic mass is 35.5. The average molecular weight is 436 g/mol. The number of amides is 1. The van der Waals surface area contributed by atoms with Gasteiger partial charge in [0.05, 0.1) is 33.1 Å². The zero-order chi connectivity index (χ0) is 21.1. The van der Waals surface area contributed by atoms with Gasteiger partial charge in [-0.2, -0.15) is 0 Å². The highest BCUT2D eigenvalue weighted by Crippen LogP contribution is 2.24. The first-order valence-electron chi connectivity index (χ1n) is 9.29. The molecule has 1 aromatic heterocycles. The number of thioether (sulfide) groups is 1. The van der Waals surface area contributed by atoms with Gasteiger partial charge >= 0.3 is 0 Å². The van der Waals surface area contributed by atoms with E-state index in [2.05, 4.69) is 10.3 Å². The van der Waals surface area contributed by atoms with Gasteiger partial charge in [0.15, 0.2) is 5.16 Å². The number of nitrogens with zero attached hydrogens (tertiary/aromatic N) is 2. The number of hydrogen-bond acceptors (Lipinski definition) is 4. The van der Waals surface area contributed by atoms with Crippen LogP contribution >= 0.6 is 23.4 Å².